The molecule has 0 fully saturated rings. The van der Waals surface area contributed by atoms with E-state index in [-0.39, 0.29) is 5.91 Å². The first-order valence-corrected chi connectivity index (χ1v) is 9.46. The molecule has 0 bridgehead atoms. The van der Waals surface area contributed by atoms with E-state index in [1.54, 1.807) is 30.3 Å². The van der Waals surface area contributed by atoms with E-state index in [1.807, 2.05) is 18.2 Å². The Morgan fingerprint density at radius 1 is 1.03 bits per heavy atom. The quantitative estimate of drug-likeness (QED) is 0.600. The van der Waals surface area contributed by atoms with Crippen LogP contribution in [-0.4, -0.2) is 31.1 Å². The zero-order chi connectivity index (χ0) is 20.8. The lowest BCUT2D eigenvalue weighted by Crippen LogP contribution is -2.29. The van der Waals surface area contributed by atoms with Crippen molar-refractivity contribution in [2.45, 2.75) is 32.3 Å². The van der Waals surface area contributed by atoms with E-state index in [2.05, 4.69) is 10.1 Å². The van der Waals surface area contributed by atoms with Crippen molar-refractivity contribution in [1.82, 2.24) is 0 Å². The van der Waals surface area contributed by atoms with Crippen molar-refractivity contribution in [3.8, 4) is 0 Å². The smallest absolute Gasteiger partial charge is 0.337 e. The molecule has 0 spiro atoms. The summed E-state index contributed by atoms with van der Waals surface area (Å²) in [4.78, 5) is 35.7. The number of hydrogen-bond donors (Lipinski definition) is 1. The van der Waals surface area contributed by atoms with Crippen LogP contribution in [0.5, 0.6) is 0 Å². The average molecular weight is 393 g/mol. The molecule has 0 heterocycles. The lowest BCUT2D eigenvalue weighted by atomic mass is 10.1. The molecule has 1 amide bonds. The van der Waals surface area contributed by atoms with Gasteiger partial charge >= 0.3 is 11.9 Å². The minimum Gasteiger partial charge on any atom is -0.465 e. The molecule has 2 aromatic rings. The lowest BCUT2D eigenvalue weighted by molar-refractivity contribution is -0.148. The SMILES string of the molecule is COC(=O)c1ccc(/C=C/C(=O)O[C@H](C)C(=O)Nc2ccc3c(c2)CCC3)cc1. The highest BCUT2D eigenvalue weighted by molar-refractivity contribution is 5.96. The van der Waals surface area contributed by atoms with Crippen LogP contribution >= 0.6 is 0 Å². The summed E-state index contributed by atoms with van der Waals surface area (Å²) in [5.74, 6) is -1.44. The van der Waals surface area contributed by atoms with Crippen LogP contribution in [0.2, 0.25) is 0 Å². The van der Waals surface area contributed by atoms with Crippen molar-refractivity contribution in [3.05, 3.63) is 70.8 Å². The number of ether oxygens (including phenoxy) is 2. The molecule has 0 saturated carbocycles. The Labute approximate surface area is 169 Å². The molecule has 2 aromatic carbocycles. The number of carbonyl (C=O) groups excluding carboxylic acids is 3. The Kier molecular flexibility index (Phi) is 6.44. The number of hydrogen-bond acceptors (Lipinski definition) is 5. The number of rotatable bonds is 6. The fourth-order valence-electron chi connectivity index (χ4n) is 3.17. The van der Waals surface area contributed by atoms with Crippen molar-refractivity contribution in [3.63, 3.8) is 0 Å². The van der Waals surface area contributed by atoms with Crippen molar-refractivity contribution in [2.75, 3.05) is 12.4 Å². The Hall–Kier alpha value is -3.41. The number of methoxy groups -OCH3 is 1. The topological polar surface area (TPSA) is 81.7 Å². The first-order valence-electron chi connectivity index (χ1n) is 9.46. The maximum absolute atomic E-state index is 12.3. The predicted octanol–water partition coefficient (Wildman–Crippen LogP) is 3.55. The predicted molar refractivity (Wildman–Crippen MR) is 109 cm³/mol. The molecule has 6 heteroatoms. The first kappa shape index (κ1) is 20.3. The third kappa shape index (κ3) is 5.31. The van der Waals surface area contributed by atoms with E-state index in [0.29, 0.717) is 16.8 Å². The van der Waals surface area contributed by atoms with Gasteiger partial charge in [0.25, 0.3) is 5.91 Å². The van der Waals surface area contributed by atoms with Gasteiger partial charge in [-0.15, -0.1) is 0 Å². The molecule has 0 saturated heterocycles. The molecule has 0 aliphatic heterocycles. The second-order valence-electron chi connectivity index (χ2n) is 6.85. The van der Waals surface area contributed by atoms with E-state index in [1.165, 1.54) is 31.2 Å². The molecule has 150 valence electrons. The molecule has 0 aromatic heterocycles. The summed E-state index contributed by atoms with van der Waals surface area (Å²) >= 11 is 0. The Morgan fingerprint density at radius 2 is 1.76 bits per heavy atom. The summed E-state index contributed by atoms with van der Waals surface area (Å²) in [6.07, 6.45) is 5.10. The monoisotopic (exact) mass is 393 g/mol. The number of carbonyl (C=O) groups is 3. The number of nitrogens with one attached hydrogen (secondary N) is 1. The van der Waals surface area contributed by atoms with Crippen molar-refractivity contribution < 1.29 is 23.9 Å². The number of fused-ring (bicyclic) bond motifs is 1. The maximum atomic E-state index is 12.3. The molecule has 1 atom stereocenters. The number of amides is 1. The molecular weight excluding hydrogens is 370 g/mol. The number of esters is 2. The highest BCUT2D eigenvalue weighted by Crippen LogP contribution is 2.25. The molecular formula is C23H23NO5. The second-order valence-corrected chi connectivity index (χ2v) is 6.85. The van der Waals surface area contributed by atoms with Crippen molar-refractivity contribution in [1.29, 1.82) is 0 Å². The molecule has 1 aliphatic rings. The van der Waals surface area contributed by atoms with Crippen LogP contribution in [0, 0.1) is 0 Å². The maximum Gasteiger partial charge on any atom is 0.337 e. The van der Waals surface area contributed by atoms with E-state index in [0.717, 1.165) is 19.3 Å². The average Bonchev–Trinajstić information content (AvgIpc) is 3.19. The van der Waals surface area contributed by atoms with Gasteiger partial charge in [-0.2, -0.15) is 0 Å². The summed E-state index contributed by atoms with van der Waals surface area (Å²) in [6, 6.07) is 12.4. The highest BCUT2D eigenvalue weighted by Gasteiger charge is 2.18. The minimum atomic E-state index is -0.929. The summed E-state index contributed by atoms with van der Waals surface area (Å²) in [5, 5.41) is 2.79. The Morgan fingerprint density at radius 3 is 2.48 bits per heavy atom. The molecule has 3 rings (SSSR count). The zero-order valence-electron chi connectivity index (χ0n) is 16.4. The van der Waals surface area contributed by atoms with Crippen LogP contribution in [0.4, 0.5) is 5.69 Å². The van der Waals surface area contributed by atoms with Gasteiger partial charge in [-0.3, -0.25) is 4.79 Å². The Bertz CT molecular complexity index is 946. The van der Waals surface area contributed by atoms with Crippen LogP contribution in [0.3, 0.4) is 0 Å². The standard InChI is InChI=1S/C23H23NO5/c1-15(22(26)24-20-12-11-17-4-3-5-19(17)14-20)29-21(25)13-8-16-6-9-18(10-7-16)23(27)28-2/h6-15H,3-5H2,1-2H3,(H,24,26)/b13-8+/t15-/m1/s1. The highest BCUT2D eigenvalue weighted by atomic mass is 16.5. The molecule has 1 aliphatic carbocycles. The molecule has 0 radical (unpaired) electrons. The molecule has 29 heavy (non-hydrogen) atoms. The van der Waals surface area contributed by atoms with Gasteiger partial charge in [0.15, 0.2) is 6.10 Å². The van der Waals surface area contributed by atoms with Crippen LogP contribution in [0.25, 0.3) is 6.08 Å². The van der Waals surface area contributed by atoms with Gasteiger partial charge in [-0.25, -0.2) is 9.59 Å². The summed E-state index contributed by atoms with van der Waals surface area (Å²) < 4.78 is 9.80. The lowest BCUT2D eigenvalue weighted by Gasteiger charge is -2.13. The number of anilines is 1. The van der Waals surface area contributed by atoms with E-state index >= 15 is 0 Å². The normalized spacial score (nSPS) is 13.6. The summed E-state index contributed by atoms with van der Waals surface area (Å²) in [5.41, 5.74) is 4.43. The van der Waals surface area contributed by atoms with Crippen molar-refractivity contribution in [2.24, 2.45) is 0 Å². The van der Waals surface area contributed by atoms with Gasteiger partial charge in [-0.1, -0.05) is 18.2 Å². The third-order valence-corrected chi connectivity index (χ3v) is 4.77. The first-order chi connectivity index (χ1) is 14.0. The summed E-state index contributed by atoms with van der Waals surface area (Å²) in [7, 11) is 1.31. The van der Waals surface area contributed by atoms with E-state index in [4.69, 9.17) is 4.74 Å². The van der Waals surface area contributed by atoms with Crippen LogP contribution in [0.15, 0.2) is 48.5 Å². The fraction of sp³-hybridized carbons (Fsp3) is 0.261. The van der Waals surface area contributed by atoms with Gasteiger partial charge in [0.2, 0.25) is 0 Å². The van der Waals surface area contributed by atoms with Crippen molar-refractivity contribution >= 4 is 29.6 Å². The van der Waals surface area contributed by atoms with Gasteiger partial charge < -0.3 is 14.8 Å². The molecule has 1 N–H and O–H groups in total. The number of benzene rings is 2. The van der Waals surface area contributed by atoms with Gasteiger partial charge in [0.1, 0.15) is 0 Å². The van der Waals surface area contributed by atoms with Gasteiger partial charge in [0.05, 0.1) is 12.7 Å². The van der Waals surface area contributed by atoms with Crippen LogP contribution < -0.4 is 5.32 Å². The fourth-order valence-corrected chi connectivity index (χ4v) is 3.17. The van der Waals surface area contributed by atoms with Gasteiger partial charge in [0, 0.05) is 11.8 Å². The third-order valence-electron chi connectivity index (χ3n) is 4.77. The van der Waals surface area contributed by atoms with E-state index in [9.17, 15) is 14.4 Å². The largest absolute Gasteiger partial charge is 0.465 e. The van der Waals surface area contributed by atoms with Gasteiger partial charge in [-0.05, 0) is 73.2 Å². The van der Waals surface area contributed by atoms with Crippen LogP contribution in [-0.2, 0) is 31.9 Å². The molecule has 6 nitrogen and oxygen atoms in total. The Balaban J connectivity index is 1.52. The zero-order valence-corrected chi connectivity index (χ0v) is 16.4. The van der Waals surface area contributed by atoms with Crippen LogP contribution in [0.1, 0.15) is 40.4 Å². The minimum absolute atomic E-state index is 0.382. The van der Waals surface area contributed by atoms with E-state index < -0.39 is 18.0 Å². The molecule has 0 unspecified atom stereocenters. The second kappa shape index (κ2) is 9.19. The number of aryl methyl sites for hydroxylation is 2. The summed E-state index contributed by atoms with van der Waals surface area (Å²) in [6.45, 7) is 1.53.